The van der Waals surface area contributed by atoms with Crippen LogP contribution in [0, 0.1) is 17.4 Å². The lowest BCUT2D eigenvalue weighted by Gasteiger charge is -2.04. The summed E-state index contributed by atoms with van der Waals surface area (Å²) >= 11 is 2.26. The van der Waals surface area contributed by atoms with Gasteiger partial charge in [0.2, 0.25) is 5.91 Å². The van der Waals surface area contributed by atoms with Gasteiger partial charge >= 0.3 is 0 Å². The predicted octanol–water partition coefficient (Wildman–Crippen LogP) is 2.01. The Balaban J connectivity index is 3.31. The molecule has 64 valence electrons. The number of benzene rings is 1. The average molecular weight is 275 g/mol. The molecule has 0 unspecified atom stereocenters. The van der Waals surface area contributed by atoms with E-state index in [1.54, 1.807) is 0 Å². The number of halogens is 1. The minimum Gasteiger partial charge on any atom is -0.366 e. The van der Waals surface area contributed by atoms with Crippen molar-refractivity contribution >= 4 is 28.5 Å². The molecule has 0 heterocycles. The fraction of sp³-hybridized carbons (Fsp3) is 0.222. The summed E-state index contributed by atoms with van der Waals surface area (Å²) in [5.41, 5.74) is 7.95. The molecule has 1 amide bonds. The van der Waals surface area contributed by atoms with E-state index in [1.807, 2.05) is 26.0 Å². The maximum atomic E-state index is 10.8. The number of nitrogens with two attached hydrogens (primary N) is 1. The van der Waals surface area contributed by atoms with E-state index in [0.29, 0.717) is 5.56 Å². The molecule has 2 N–H and O–H groups in total. The second-order valence-corrected chi connectivity index (χ2v) is 3.87. The Morgan fingerprint density at radius 3 is 2.08 bits per heavy atom. The molecule has 12 heavy (non-hydrogen) atoms. The van der Waals surface area contributed by atoms with Crippen molar-refractivity contribution < 1.29 is 4.79 Å². The van der Waals surface area contributed by atoms with E-state index in [9.17, 15) is 4.79 Å². The third-order valence-electron chi connectivity index (χ3n) is 1.72. The molecule has 0 saturated heterocycles. The summed E-state index contributed by atoms with van der Waals surface area (Å²) in [4.78, 5) is 10.8. The zero-order valence-corrected chi connectivity index (χ0v) is 9.18. The van der Waals surface area contributed by atoms with Gasteiger partial charge in [0.25, 0.3) is 0 Å². The van der Waals surface area contributed by atoms with Crippen LogP contribution in [-0.2, 0) is 0 Å². The number of rotatable bonds is 1. The monoisotopic (exact) mass is 275 g/mol. The van der Waals surface area contributed by atoms with Crippen molar-refractivity contribution in [2.75, 3.05) is 0 Å². The molecule has 3 heteroatoms. The van der Waals surface area contributed by atoms with Gasteiger partial charge in [0.05, 0.1) is 0 Å². The third-order valence-corrected chi connectivity index (χ3v) is 3.42. The molecule has 0 fully saturated rings. The summed E-state index contributed by atoms with van der Waals surface area (Å²) in [6.07, 6.45) is 0. The van der Waals surface area contributed by atoms with Crippen LogP contribution in [0.4, 0.5) is 0 Å². The van der Waals surface area contributed by atoms with E-state index in [0.717, 1.165) is 11.1 Å². The molecule has 1 aromatic carbocycles. The van der Waals surface area contributed by atoms with E-state index in [2.05, 4.69) is 22.6 Å². The minimum absolute atomic E-state index is 0.363. The highest BCUT2D eigenvalue weighted by Crippen LogP contribution is 2.18. The van der Waals surface area contributed by atoms with Crippen molar-refractivity contribution in [3.63, 3.8) is 0 Å². The SMILES string of the molecule is Cc1cc(C(N)=O)cc(C)c1I. The lowest BCUT2D eigenvalue weighted by molar-refractivity contribution is 0.1000. The Labute approximate surface area is 85.3 Å². The first kappa shape index (κ1) is 9.51. The Morgan fingerprint density at radius 1 is 1.33 bits per heavy atom. The largest absolute Gasteiger partial charge is 0.366 e. The van der Waals surface area contributed by atoms with Gasteiger partial charge in [-0.25, -0.2) is 0 Å². The molecule has 0 aromatic heterocycles. The second kappa shape index (κ2) is 3.43. The topological polar surface area (TPSA) is 43.1 Å². The molecular formula is C9H10INO. The van der Waals surface area contributed by atoms with Gasteiger partial charge in [-0.1, -0.05) is 0 Å². The molecular weight excluding hydrogens is 265 g/mol. The highest BCUT2D eigenvalue weighted by atomic mass is 127. The van der Waals surface area contributed by atoms with Crippen molar-refractivity contribution in [1.29, 1.82) is 0 Å². The third kappa shape index (κ3) is 1.77. The van der Waals surface area contributed by atoms with Gasteiger partial charge < -0.3 is 5.73 Å². The first-order valence-corrected chi connectivity index (χ1v) is 4.67. The molecule has 0 saturated carbocycles. The number of aryl methyl sites for hydroxylation is 2. The number of carbonyl (C=O) groups is 1. The van der Waals surface area contributed by atoms with Crippen LogP contribution in [0.15, 0.2) is 12.1 Å². The molecule has 2 nitrogen and oxygen atoms in total. The van der Waals surface area contributed by atoms with E-state index in [4.69, 9.17) is 5.73 Å². The van der Waals surface area contributed by atoms with Gasteiger partial charge in [-0.3, -0.25) is 4.79 Å². The van der Waals surface area contributed by atoms with Crippen molar-refractivity contribution in [3.8, 4) is 0 Å². The Bertz CT molecular complexity index is 310. The Hall–Kier alpha value is -0.580. The molecule has 0 radical (unpaired) electrons. The summed E-state index contributed by atoms with van der Waals surface area (Å²) in [5.74, 6) is -0.363. The van der Waals surface area contributed by atoms with Crippen molar-refractivity contribution in [3.05, 3.63) is 32.4 Å². The molecule has 0 atom stereocenters. The molecule has 1 aromatic rings. The van der Waals surface area contributed by atoms with Crippen LogP contribution in [0.25, 0.3) is 0 Å². The fourth-order valence-electron chi connectivity index (χ4n) is 1.09. The molecule has 0 aliphatic rings. The lowest BCUT2D eigenvalue weighted by Crippen LogP contribution is -2.11. The minimum atomic E-state index is -0.363. The number of primary amides is 1. The van der Waals surface area contributed by atoms with Gasteiger partial charge in [-0.2, -0.15) is 0 Å². The Morgan fingerprint density at radius 2 is 1.75 bits per heavy atom. The number of hydrogen-bond acceptors (Lipinski definition) is 1. The van der Waals surface area contributed by atoms with Crippen LogP contribution in [0.5, 0.6) is 0 Å². The second-order valence-electron chi connectivity index (χ2n) is 2.79. The van der Waals surface area contributed by atoms with Gasteiger partial charge in [0.1, 0.15) is 0 Å². The molecule has 0 aliphatic heterocycles. The quantitative estimate of drug-likeness (QED) is 0.783. The first-order chi connectivity index (χ1) is 5.52. The lowest BCUT2D eigenvalue weighted by atomic mass is 10.1. The van der Waals surface area contributed by atoms with Gasteiger partial charge in [0.15, 0.2) is 0 Å². The first-order valence-electron chi connectivity index (χ1n) is 3.59. The summed E-state index contributed by atoms with van der Waals surface area (Å²) in [7, 11) is 0. The summed E-state index contributed by atoms with van der Waals surface area (Å²) in [6.45, 7) is 3.95. The molecule has 0 aliphatic carbocycles. The van der Waals surface area contributed by atoms with Crippen LogP contribution in [0.3, 0.4) is 0 Å². The number of hydrogen-bond donors (Lipinski definition) is 1. The normalized spacial score (nSPS) is 9.92. The molecule has 0 spiro atoms. The standard InChI is InChI=1S/C9H10INO/c1-5-3-7(9(11)12)4-6(2)8(5)10/h3-4H,1-2H3,(H2,11,12). The summed E-state index contributed by atoms with van der Waals surface area (Å²) < 4.78 is 1.19. The average Bonchev–Trinajstić information content (AvgIpc) is 1.99. The van der Waals surface area contributed by atoms with E-state index in [1.165, 1.54) is 3.57 Å². The van der Waals surface area contributed by atoms with Crippen molar-refractivity contribution in [2.45, 2.75) is 13.8 Å². The summed E-state index contributed by atoms with van der Waals surface area (Å²) in [5, 5.41) is 0. The van der Waals surface area contributed by atoms with Gasteiger partial charge in [0, 0.05) is 9.13 Å². The van der Waals surface area contributed by atoms with E-state index >= 15 is 0 Å². The van der Waals surface area contributed by atoms with E-state index in [-0.39, 0.29) is 5.91 Å². The van der Waals surface area contributed by atoms with E-state index < -0.39 is 0 Å². The number of carbonyl (C=O) groups excluding carboxylic acids is 1. The number of amides is 1. The van der Waals surface area contributed by atoms with Crippen LogP contribution in [0.1, 0.15) is 21.5 Å². The zero-order valence-electron chi connectivity index (χ0n) is 7.02. The Kier molecular flexibility index (Phi) is 2.72. The van der Waals surface area contributed by atoms with Gasteiger partial charge in [-0.15, -0.1) is 0 Å². The van der Waals surface area contributed by atoms with Crippen molar-refractivity contribution in [2.24, 2.45) is 5.73 Å². The molecule has 0 bridgehead atoms. The van der Waals surface area contributed by atoms with Crippen LogP contribution in [0.2, 0.25) is 0 Å². The van der Waals surface area contributed by atoms with Crippen LogP contribution in [-0.4, -0.2) is 5.91 Å². The highest BCUT2D eigenvalue weighted by molar-refractivity contribution is 14.1. The smallest absolute Gasteiger partial charge is 0.248 e. The maximum absolute atomic E-state index is 10.8. The highest BCUT2D eigenvalue weighted by Gasteiger charge is 2.05. The van der Waals surface area contributed by atoms with Crippen molar-refractivity contribution in [1.82, 2.24) is 0 Å². The molecule has 1 rings (SSSR count). The maximum Gasteiger partial charge on any atom is 0.248 e. The summed E-state index contributed by atoms with van der Waals surface area (Å²) in [6, 6.07) is 3.63. The predicted molar refractivity (Wildman–Crippen MR) is 57.2 cm³/mol. The van der Waals surface area contributed by atoms with Crippen LogP contribution < -0.4 is 5.73 Å². The van der Waals surface area contributed by atoms with Gasteiger partial charge in [-0.05, 0) is 59.7 Å². The zero-order chi connectivity index (χ0) is 9.30. The fourth-order valence-corrected chi connectivity index (χ4v) is 1.40. The van der Waals surface area contributed by atoms with Crippen LogP contribution >= 0.6 is 22.6 Å².